The standard InChI is InChI=1S/C14H19N5O.C10H14.ClH.Ru/c1-9(18-19-14(20)12-7-4-8-15-12)13-16-10-5-2-3-6-11(10)17-13;1-8(2)10-6-4-9(3)5-7-10;;/h2-3,5-6,9,12,15,18H,4,7-8H2,1H3,(H2,16,17,19,20);4-8H,1-3H3;1H;/q;;;+2/p-2/t9-,12-;;;/m0.../s1. The number of carbonyl (C=O) groups is 1. The Balaban J connectivity index is 0.000000255. The average Bonchev–Trinajstić information content (AvgIpc) is 3.49. The predicted molar refractivity (Wildman–Crippen MR) is 128 cm³/mol. The van der Waals surface area contributed by atoms with Gasteiger partial charge in [0.2, 0.25) is 0 Å². The van der Waals surface area contributed by atoms with Crippen LogP contribution in [-0.4, -0.2) is 28.5 Å². The number of hydrogen-bond donors (Lipinski definition) is 3. The first-order valence-electron chi connectivity index (χ1n) is 10.8. The van der Waals surface area contributed by atoms with E-state index in [2.05, 4.69) is 80.9 Å². The third kappa shape index (κ3) is 7.97. The molecule has 1 aliphatic rings. The fourth-order valence-electron chi connectivity index (χ4n) is 3.32. The van der Waals surface area contributed by atoms with Gasteiger partial charge >= 0.3 is 27.0 Å². The van der Waals surface area contributed by atoms with Gasteiger partial charge in [-0.15, -0.1) is 0 Å². The number of benzene rings is 2. The van der Waals surface area contributed by atoms with E-state index in [1.807, 2.05) is 48.5 Å². The van der Waals surface area contributed by atoms with Crippen LogP contribution in [0.3, 0.4) is 0 Å². The summed E-state index contributed by atoms with van der Waals surface area (Å²) in [6.45, 7) is 9.36. The van der Waals surface area contributed by atoms with Gasteiger partial charge in [0.25, 0.3) is 0 Å². The first-order chi connectivity index (χ1) is 15.4. The Morgan fingerprint density at radius 2 is 1.84 bits per heavy atom. The topological polar surface area (TPSA) is 83.9 Å². The van der Waals surface area contributed by atoms with E-state index in [-0.39, 0.29) is 18.0 Å². The fourth-order valence-corrected chi connectivity index (χ4v) is 3.32. The molecular formula is C24H32ClN5ORu. The summed E-state index contributed by atoms with van der Waals surface area (Å²) in [7, 11) is 4.57. The Kier molecular flexibility index (Phi) is 11.3. The zero-order chi connectivity index (χ0) is 23.5. The zero-order valence-electron chi connectivity index (χ0n) is 19.0. The second-order valence-electron chi connectivity index (χ2n) is 8.15. The summed E-state index contributed by atoms with van der Waals surface area (Å²) in [6.07, 6.45) is 1.90. The number of imidazole rings is 1. The summed E-state index contributed by atoms with van der Waals surface area (Å²) >= 11 is 1.82. The van der Waals surface area contributed by atoms with Crippen molar-refractivity contribution >= 4 is 26.6 Å². The van der Waals surface area contributed by atoms with E-state index in [0.717, 1.165) is 36.2 Å². The van der Waals surface area contributed by atoms with Crippen LogP contribution in [0.2, 0.25) is 0 Å². The minimum atomic E-state index is -0.134. The summed E-state index contributed by atoms with van der Waals surface area (Å²) in [5.41, 5.74) is 11.5. The van der Waals surface area contributed by atoms with Gasteiger partial charge in [0.1, 0.15) is 5.82 Å². The summed E-state index contributed by atoms with van der Waals surface area (Å²) in [4.78, 5) is 19.5. The molecule has 0 bridgehead atoms. The van der Waals surface area contributed by atoms with Crippen LogP contribution in [0.5, 0.6) is 0 Å². The number of aromatic nitrogens is 2. The molecule has 0 saturated carbocycles. The maximum atomic E-state index is 11.8. The molecule has 1 fully saturated rings. The number of nitrogens with one attached hydrogen (secondary N) is 3. The zero-order valence-corrected chi connectivity index (χ0v) is 21.5. The van der Waals surface area contributed by atoms with Crippen LogP contribution >= 0.6 is 9.69 Å². The van der Waals surface area contributed by atoms with E-state index in [0.29, 0.717) is 5.92 Å². The van der Waals surface area contributed by atoms with Crippen molar-refractivity contribution in [3.8, 4) is 0 Å². The van der Waals surface area contributed by atoms with Gasteiger partial charge in [0.15, 0.2) is 0 Å². The van der Waals surface area contributed by atoms with E-state index in [1.165, 1.54) is 11.1 Å². The number of nitrogens with zero attached hydrogens (tertiary/aromatic N) is 2. The summed E-state index contributed by atoms with van der Waals surface area (Å²) < 4.78 is 0. The Bertz CT molecular complexity index is 921. The van der Waals surface area contributed by atoms with Crippen LogP contribution < -0.4 is 10.7 Å². The quantitative estimate of drug-likeness (QED) is 0.290. The molecule has 32 heavy (non-hydrogen) atoms. The van der Waals surface area contributed by atoms with Crippen molar-refractivity contribution in [2.24, 2.45) is 0 Å². The van der Waals surface area contributed by atoms with Gasteiger partial charge in [-0.1, -0.05) is 55.8 Å². The van der Waals surface area contributed by atoms with Crippen molar-refractivity contribution in [1.29, 1.82) is 0 Å². The van der Waals surface area contributed by atoms with Gasteiger partial charge in [-0.2, -0.15) is 0 Å². The first-order valence-corrected chi connectivity index (χ1v) is 13.1. The maximum absolute atomic E-state index is 11.8. The molecule has 2 atom stereocenters. The molecule has 8 heteroatoms. The summed E-state index contributed by atoms with van der Waals surface area (Å²) in [5.74, 6) is 1.30. The molecule has 1 aliphatic heterocycles. The molecule has 6 nitrogen and oxygen atoms in total. The Labute approximate surface area is 205 Å². The summed E-state index contributed by atoms with van der Waals surface area (Å²) in [6, 6.07) is 16.3. The minimum absolute atomic E-state index is 0.132. The number of fused-ring (bicyclic) bond motifs is 1. The van der Waals surface area contributed by atoms with Crippen LogP contribution in [0.4, 0.5) is 0 Å². The third-order valence-electron chi connectivity index (χ3n) is 5.29. The van der Waals surface area contributed by atoms with Crippen LogP contribution in [-0.2, 0) is 22.1 Å². The molecular weight excluding hydrogens is 511 g/mol. The van der Waals surface area contributed by atoms with Crippen LogP contribution in [0.1, 0.15) is 62.5 Å². The van der Waals surface area contributed by atoms with Crippen molar-refractivity contribution in [2.45, 2.75) is 58.5 Å². The van der Waals surface area contributed by atoms with Crippen molar-refractivity contribution in [1.82, 2.24) is 20.7 Å². The number of carbonyl (C=O) groups excluding carboxylic acids is 1. The second-order valence-corrected chi connectivity index (χ2v) is 8.15. The van der Waals surface area contributed by atoms with Crippen molar-refractivity contribution in [3.63, 3.8) is 0 Å². The van der Waals surface area contributed by atoms with E-state index in [9.17, 15) is 4.79 Å². The SMILES string of the molecule is C[C@H](N[N-]C(=O)[C@@H]1CCCN1)c1nc2ccccc2[nH]1.Cc1ccc(C(C)C)cc1.[Cl][Ru+]. The monoisotopic (exact) mass is 543 g/mol. The molecule has 0 aliphatic carbocycles. The predicted octanol–water partition coefficient (Wildman–Crippen LogP) is 5.59. The first kappa shape index (κ1) is 26.5. The Morgan fingerprint density at radius 1 is 1.16 bits per heavy atom. The number of para-hydroxylation sites is 2. The van der Waals surface area contributed by atoms with E-state index >= 15 is 0 Å². The van der Waals surface area contributed by atoms with Gasteiger partial charge in [-0.05, 0) is 56.8 Å². The van der Waals surface area contributed by atoms with Gasteiger partial charge in [0, 0.05) is 12.1 Å². The van der Waals surface area contributed by atoms with Crippen molar-refractivity contribution < 1.29 is 22.1 Å². The van der Waals surface area contributed by atoms with E-state index < -0.39 is 0 Å². The number of H-pyrrole nitrogens is 1. The molecule has 0 radical (unpaired) electrons. The summed E-state index contributed by atoms with van der Waals surface area (Å²) in [5, 5.41) is 3.13. The third-order valence-corrected chi connectivity index (χ3v) is 5.29. The molecule has 0 spiro atoms. The molecule has 1 amide bonds. The molecule has 2 aromatic carbocycles. The van der Waals surface area contributed by atoms with E-state index in [4.69, 9.17) is 0 Å². The van der Waals surface area contributed by atoms with Crippen LogP contribution in [0.25, 0.3) is 16.5 Å². The molecule has 3 aromatic rings. The molecule has 174 valence electrons. The molecule has 3 N–H and O–H groups in total. The average molecular weight is 543 g/mol. The Morgan fingerprint density at radius 3 is 2.44 bits per heavy atom. The Hall–Kier alpha value is -1.79. The van der Waals surface area contributed by atoms with Gasteiger partial charge in [-0.25, -0.2) is 4.98 Å². The number of aromatic amines is 1. The number of halogens is 1. The molecule has 4 rings (SSSR count). The molecule has 2 heterocycles. The van der Waals surface area contributed by atoms with E-state index in [1.54, 1.807) is 0 Å². The van der Waals surface area contributed by atoms with Crippen molar-refractivity contribution in [3.05, 3.63) is 70.9 Å². The molecule has 1 aromatic heterocycles. The molecule has 1 saturated heterocycles. The number of amides is 1. The number of aryl methyl sites for hydroxylation is 1. The van der Waals surface area contributed by atoms with Gasteiger partial charge in [-0.3, -0.25) is 0 Å². The molecule has 0 unspecified atom stereocenters. The van der Waals surface area contributed by atoms with Crippen LogP contribution in [0.15, 0.2) is 48.5 Å². The fraction of sp³-hybridized carbons (Fsp3) is 0.417. The van der Waals surface area contributed by atoms with Crippen LogP contribution in [0, 0.1) is 6.92 Å². The normalized spacial score (nSPS) is 16.0. The van der Waals surface area contributed by atoms with Crippen molar-refractivity contribution in [2.75, 3.05) is 6.54 Å². The number of rotatable bonds is 5. The van der Waals surface area contributed by atoms with Gasteiger partial charge < -0.3 is 25.9 Å². The second kappa shape index (κ2) is 13.7. The van der Waals surface area contributed by atoms with Gasteiger partial charge in [0.05, 0.1) is 16.9 Å². The number of hydrogen-bond acceptors (Lipinski definition) is 4.